The highest BCUT2D eigenvalue weighted by Gasteiger charge is 2.07. The van der Waals surface area contributed by atoms with Crippen LogP contribution in [0.25, 0.3) is 0 Å². The maximum absolute atomic E-state index is 6.07. The predicted octanol–water partition coefficient (Wildman–Crippen LogP) is 6.61. The van der Waals surface area contributed by atoms with E-state index in [1.807, 2.05) is 26.0 Å². The molecule has 1 aromatic carbocycles. The number of ether oxygens (including phenoxy) is 3. The van der Waals surface area contributed by atoms with Crippen LogP contribution in [0.4, 0.5) is 0 Å². The third kappa shape index (κ3) is 10.8. The molecule has 0 bridgehead atoms. The van der Waals surface area contributed by atoms with Crippen LogP contribution in [0, 0.1) is 13.8 Å². The standard InChI is InChI=1S/C28H41N3O4/c1-6-7-15-33-26-18-22(2)27(23(3)19-26)34-16-13-11-9-8-10-12-14-17-35-28-29-20-25(21-30-28)24(4)31-32-5/h6-7,18-21H,8-17H2,1-5H3/b7-6+,31-24+. The fraction of sp³-hybridized carbons (Fsp3) is 0.536. The van der Waals surface area contributed by atoms with Crippen LogP contribution in [-0.2, 0) is 4.84 Å². The second kappa shape index (κ2) is 16.5. The van der Waals surface area contributed by atoms with Gasteiger partial charge in [0.2, 0.25) is 0 Å². The van der Waals surface area contributed by atoms with Gasteiger partial charge in [-0.2, -0.15) is 0 Å². The maximum atomic E-state index is 6.07. The van der Waals surface area contributed by atoms with Crippen LogP contribution >= 0.6 is 0 Å². The Kier molecular flexibility index (Phi) is 13.3. The van der Waals surface area contributed by atoms with E-state index in [-0.39, 0.29) is 0 Å². The second-order valence-corrected chi connectivity index (χ2v) is 8.55. The van der Waals surface area contributed by atoms with Crippen molar-refractivity contribution in [3.63, 3.8) is 0 Å². The van der Waals surface area contributed by atoms with E-state index in [1.54, 1.807) is 12.4 Å². The number of nitrogens with zero attached hydrogens (tertiary/aromatic N) is 3. The fourth-order valence-electron chi connectivity index (χ4n) is 3.66. The minimum atomic E-state index is 0.403. The number of unbranched alkanes of at least 4 members (excludes halogenated alkanes) is 6. The Labute approximate surface area is 210 Å². The van der Waals surface area contributed by atoms with E-state index < -0.39 is 0 Å². The molecule has 1 heterocycles. The first-order valence-corrected chi connectivity index (χ1v) is 12.6. The van der Waals surface area contributed by atoms with Gasteiger partial charge in [0.1, 0.15) is 25.2 Å². The summed E-state index contributed by atoms with van der Waals surface area (Å²) in [5.41, 5.74) is 3.80. The molecule has 0 aliphatic heterocycles. The van der Waals surface area contributed by atoms with Crippen LogP contribution < -0.4 is 14.2 Å². The number of oxime groups is 1. The zero-order valence-corrected chi connectivity index (χ0v) is 22.0. The lowest BCUT2D eigenvalue weighted by atomic mass is 10.1. The van der Waals surface area contributed by atoms with E-state index in [4.69, 9.17) is 19.0 Å². The average molecular weight is 484 g/mol. The Hall–Kier alpha value is -3.09. The summed E-state index contributed by atoms with van der Waals surface area (Å²) in [5.74, 6) is 1.88. The van der Waals surface area contributed by atoms with E-state index in [9.17, 15) is 0 Å². The summed E-state index contributed by atoms with van der Waals surface area (Å²) in [7, 11) is 1.52. The molecule has 2 rings (SSSR count). The van der Waals surface area contributed by atoms with Gasteiger partial charge in [0.05, 0.1) is 18.9 Å². The predicted molar refractivity (Wildman–Crippen MR) is 141 cm³/mol. The van der Waals surface area contributed by atoms with E-state index >= 15 is 0 Å². The summed E-state index contributed by atoms with van der Waals surface area (Å²) < 4.78 is 17.5. The van der Waals surface area contributed by atoms with E-state index in [2.05, 4.69) is 41.1 Å². The molecular formula is C28H41N3O4. The molecule has 0 spiro atoms. The molecule has 0 saturated carbocycles. The molecule has 0 unspecified atom stereocenters. The third-order valence-corrected chi connectivity index (χ3v) is 5.56. The summed E-state index contributed by atoms with van der Waals surface area (Å²) in [6.07, 6.45) is 15.5. The number of hydrogen-bond donors (Lipinski definition) is 0. The van der Waals surface area contributed by atoms with E-state index in [1.165, 1.54) is 32.8 Å². The van der Waals surface area contributed by atoms with E-state index in [0.29, 0.717) is 19.2 Å². The molecule has 0 amide bonds. The topological polar surface area (TPSA) is 75.1 Å². The van der Waals surface area contributed by atoms with Crippen LogP contribution in [0.3, 0.4) is 0 Å². The van der Waals surface area contributed by atoms with Crippen molar-refractivity contribution >= 4 is 5.71 Å². The van der Waals surface area contributed by atoms with Crippen molar-refractivity contribution in [3.05, 3.63) is 53.4 Å². The molecule has 0 fully saturated rings. The minimum Gasteiger partial charge on any atom is -0.493 e. The Morgan fingerprint density at radius 2 is 1.43 bits per heavy atom. The molecule has 1 aromatic heterocycles. The quantitative estimate of drug-likeness (QED) is 0.109. The zero-order valence-electron chi connectivity index (χ0n) is 22.0. The Morgan fingerprint density at radius 1 is 0.857 bits per heavy atom. The highest BCUT2D eigenvalue weighted by Crippen LogP contribution is 2.28. The second-order valence-electron chi connectivity index (χ2n) is 8.55. The van der Waals surface area contributed by atoms with Gasteiger partial charge in [-0.25, -0.2) is 9.97 Å². The van der Waals surface area contributed by atoms with Gasteiger partial charge in [0.15, 0.2) is 0 Å². The first-order chi connectivity index (χ1) is 17.0. The lowest BCUT2D eigenvalue weighted by Crippen LogP contribution is -2.03. The SMILES string of the molecule is C/C=C/COc1cc(C)c(OCCCCCCCCCOc2ncc(/C(C)=N/OC)cn2)c(C)c1. The van der Waals surface area contributed by atoms with E-state index in [0.717, 1.165) is 59.8 Å². The number of hydrogen-bond acceptors (Lipinski definition) is 7. The van der Waals surface area contributed by atoms with Crippen molar-refractivity contribution in [1.29, 1.82) is 0 Å². The third-order valence-electron chi connectivity index (χ3n) is 5.56. The maximum Gasteiger partial charge on any atom is 0.316 e. The zero-order chi connectivity index (χ0) is 25.3. The smallest absolute Gasteiger partial charge is 0.316 e. The van der Waals surface area contributed by atoms with Crippen molar-refractivity contribution in [3.8, 4) is 17.5 Å². The summed E-state index contributed by atoms with van der Waals surface area (Å²) in [6, 6.07) is 4.51. The van der Waals surface area contributed by atoms with Crippen LogP contribution in [0.5, 0.6) is 17.5 Å². The monoisotopic (exact) mass is 483 g/mol. The number of aromatic nitrogens is 2. The van der Waals surface area contributed by atoms with Gasteiger partial charge in [-0.15, -0.1) is 0 Å². The first kappa shape index (κ1) is 28.1. The molecule has 0 aliphatic carbocycles. The Bertz CT molecular complexity index is 903. The number of benzene rings is 1. The van der Waals surface area contributed by atoms with Gasteiger partial charge in [0, 0.05) is 18.0 Å². The van der Waals surface area contributed by atoms with Gasteiger partial charge < -0.3 is 19.0 Å². The van der Waals surface area contributed by atoms with Gasteiger partial charge in [-0.3, -0.25) is 0 Å². The molecule has 0 saturated heterocycles. The molecule has 192 valence electrons. The normalized spacial score (nSPS) is 11.6. The summed E-state index contributed by atoms with van der Waals surface area (Å²) in [6.45, 7) is 9.98. The molecule has 0 N–H and O–H groups in total. The number of rotatable bonds is 17. The lowest BCUT2D eigenvalue weighted by Gasteiger charge is -2.14. The number of aryl methyl sites for hydroxylation is 2. The highest BCUT2D eigenvalue weighted by atomic mass is 16.6. The highest BCUT2D eigenvalue weighted by molar-refractivity contribution is 5.97. The van der Waals surface area contributed by atoms with Crippen molar-refractivity contribution in [2.45, 2.75) is 72.6 Å². The fourth-order valence-corrected chi connectivity index (χ4v) is 3.66. The Morgan fingerprint density at radius 3 is 2.00 bits per heavy atom. The molecule has 7 nitrogen and oxygen atoms in total. The van der Waals surface area contributed by atoms with Crippen molar-refractivity contribution in [2.75, 3.05) is 26.9 Å². The minimum absolute atomic E-state index is 0.403. The molecule has 7 heteroatoms. The van der Waals surface area contributed by atoms with Crippen LogP contribution in [0.2, 0.25) is 0 Å². The molecule has 35 heavy (non-hydrogen) atoms. The average Bonchev–Trinajstić information content (AvgIpc) is 2.84. The molecule has 2 aromatic rings. The molecule has 0 aliphatic rings. The van der Waals surface area contributed by atoms with Gasteiger partial charge in [-0.1, -0.05) is 49.4 Å². The van der Waals surface area contributed by atoms with Crippen LogP contribution in [0.15, 0.2) is 41.8 Å². The number of allylic oxidation sites excluding steroid dienone is 1. The lowest BCUT2D eigenvalue weighted by molar-refractivity contribution is 0.213. The summed E-state index contributed by atoms with van der Waals surface area (Å²) in [5, 5.41) is 3.87. The van der Waals surface area contributed by atoms with Crippen molar-refractivity contribution < 1.29 is 19.0 Å². The van der Waals surface area contributed by atoms with Gasteiger partial charge in [-0.05, 0) is 63.8 Å². The Balaban J connectivity index is 1.51. The first-order valence-electron chi connectivity index (χ1n) is 12.6. The van der Waals surface area contributed by atoms with Crippen molar-refractivity contribution in [1.82, 2.24) is 9.97 Å². The molecule has 0 radical (unpaired) electrons. The van der Waals surface area contributed by atoms with Crippen LogP contribution in [0.1, 0.15) is 75.5 Å². The molecule has 0 atom stereocenters. The van der Waals surface area contributed by atoms with Gasteiger partial charge >= 0.3 is 6.01 Å². The molecular weight excluding hydrogens is 442 g/mol. The largest absolute Gasteiger partial charge is 0.493 e. The van der Waals surface area contributed by atoms with Crippen LogP contribution in [-0.4, -0.2) is 42.6 Å². The van der Waals surface area contributed by atoms with Gasteiger partial charge in [0.25, 0.3) is 0 Å². The van der Waals surface area contributed by atoms with Crippen molar-refractivity contribution in [2.24, 2.45) is 5.16 Å². The summed E-state index contributed by atoms with van der Waals surface area (Å²) in [4.78, 5) is 13.2. The summed E-state index contributed by atoms with van der Waals surface area (Å²) >= 11 is 0.